The van der Waals surface area contributed by atoms with E-state index in [1.54, 1.807) is 24.3 Å². The summed E-state index contributed by atoms with van der Waals surface area (Å²) in [6.45, 7) is 5.52. The number of amides is 1. The maximum atomic E-state index is 12.3. The lowest BCUT2D eigenvalue weighted by atomic mass is 10.1. The number of sulfonamides is 1. The van der Waals surface area contributed by atoms with Gasteiger partial charge in [-0.25, -0.2) is 17.9 Å². The average molecular weight is 435 g/mol. The number of esters is 1. The third kappa shape index (κ3) is 7.49. The highest BCUT2D eigenvalue weighted by atomic mass is 32.2. The normalized spacial score (nSPS) is 12.8. The second-order valence-electron chi connectivity index (χ2n) is 7.01. The summed E-state index contributed by atoms with van der Waals surface area (Å²) in [7, 11) is -3.69. The van der Waals surface area contributed by atoms with Gasteiger partial charge in [0.15, 0.2) is 6.61 Å². The van der Waals surface area contributed by atoms with Crippen LogP contribution in [0.4, 0.5) is 0 Å². The number of hydrogen-bond acceptors (Lipinski definition) is 6. The summed E-state index contributed by atoms with van der Waals surface area (Å²) in [5, 5.41) is 2.74. The van der Waals surface area contributed by atoms with E-state index in [2.05, 4.69) is 10.0 Å². The van der Waals surface area contributed by atoms with E-state index in [4.69, 9.17) is 9.15 Å². The molecule has 1 aromatic carbocycles. The molecule has 2 aromatic rings. The van der Waals surface area contributed by atoms with Crippen molar-refractivity contribution in [1.29, 1.82) is 0 Å². The molecule has 9 heteroatoms. The quantitative estimate of drug-likeness (QED) is 0.439. The second-order valence-corrected chi connectivity index (χ2v) is 8.78. The second kappa shape index (κ2) is 10.7. The Hall–Kier alpha value is -2.91. The van der Waals surface area contributed by atoms with Crippen LogP contribution in [0.15, 0.2) is 58.1 Å². The van der Waals surface area contributed by atoms with Gasteiger partial charge >= 0.3 is 5.97 Å². The Bertz CT molecular complexity index is 963. The van der Waals surface area contributed by atoms with Crippen LogP contribution in [0.1, 0.15) is 32.1 Å². The lowest BCUT2D eigenvalue weighted by molar-refractivity contribution is -0.144. The standard InChI is InChI=1S/C21H26N2O6S/c1-15(2)16(3)23-20(24)14-29-21(25)11-8-17-6-9-19(10-7-17)30(26,27)22-13-18-5-4-12-28-18/h4-12,15-16,22H,13-14H2,1-3H3,(H,23,24)/b11-8+. The van der Waals surface area contributed by atoms with Crippen molar-refractivity contribution in [3.63, 3.8) is 0 Å². The molecule has 2 N–H and O–H groups in total. The zero-order chi connectivity index (χ0) is 22.1. The maximum Gasteiger partial charge on any atom is 0.331 e. The molecule has 2 rings (SSSR count). The van der Waals surface area contributed by atoms with Gasteiger partial charge in [0.1, 0.15) is 5.76 Å². The summed E-state index contributed by atoms with van der Waals surface area (Å²) < 4.78 is 37.0. The van der Waals surface area contributed by atoms with Gasteiger partial charge in [-0.3, -0.25) is 4.79 Å². The van der Waals surface area contributed by atoms with Crippen molar-refractivity contribution in [1.82, 2.24) is 10.0 Å². The number of benzene rings is 1. The monoisotopic (exact) mass is 434 g/mol. The molecule has 162 valence electrons. The van der Waals surface area contributed by atoms with Crippen molar-refractivity contribution in [3.8, 4) is 0 Å². The zero-order valence-electron chi connectivity index (χ0n) is 17.1. The van der Waals surface area contributed by atoms with Crippen LogP contribution in [0.2, 0.25) is 0 Å². The molecule has 0 aliphatic carbocycles. The molecule has 0 bridgehead atoms. The Morgan fingerprint density at radius 3 is 2.43 bits per heavy atom. The number of rotatable bonds is 10. The van der Waals surface area contributed by atoms with Crippen LogP contribution in [0.25, 0.3) is 6.08 Å². The Balaban J connectivity index is 1.84. The molecule has 0 spiro atoms. The van der Waals surface area contributed by atoms with Gasteiger partial charge in [0.25, 0.3) is 5.91 Å². The first-order chi connectivity index (χ1) is 14.2. The summed E-state index contributed by atoms with van der Waals surface area (Å²) in [6.07, 6.45) is 4.12. The molecule has 1 unspecified atom stereocenters. The number of furan rings is 1. The van der Waals surface area contributed by atoms with E-state index < -0.39 is 16.0 Å². The minimum absolute atomic E-state index is 0.0184. The SMILES string of the molecule is CC(C)C(C)NC(=O)COC(=O)/C=C/c1ccc(S(=O)(=O)NCc2ccco2)cc1. The van der Waals surface area contributed by atoms with E-state index in [9.17, 15) is 18.0 Å². The largest absolute Gasteiger partial charge is 0.468 e. The van der Waals surface area contributed by atoms with Gasteiger partial charge in [0.2, 0.25) is 10.0 Å². The molecule has 1 heterocycles. The first kappa shape index (κ1) is 23.4. The lowest BCUT2D eigenvalue weighted by Crippen LogP contribution is -2.38. The molecule has 30 heavy (non-hydrogen) atoms. The summed E-state index contributed by atoms with van der Waals surface area (Å²) >= 11 is 0. The fraction of sp³-hybridized carbons (Fsp3) is 0.333. The van der Waals surface area contributed by atoms with Crippen molar-refractivity contribution in [3.05, 3.63) is 60.1 Å². The molecular formula is C21H26N2O6S. The van der Waals surface area contributed by atoms with Crippen molar-refractivity contribution in [2.24, 2.45) is 5.92 Å². The van der Waals surface area contributed by atoms with Gasteiger partial charge in [-0.15, -0.1) is 0 Å². The number of hydrogen-bond donors (Lipinski definition) is 2. The summed E-state index contributed by atoms with van der Waals surface area (Å²) in [4.78, 5) is 23.6. The zero-order valence-corrected chi connectivity index (χ0v) is 17.9. The fourth-order valence-electron chi connectivity index (χ4n) is 2.23. The van der Waals surface area contributed by atoms with E-state index >= 15 is 0 Å². The van der Waals surface area contributed by atoms with E-state index in [1.807, 2.05) is 20.8 Å². The average Bonchev–Trinajstić information content (AvgIpc) is 3.23. The highest BCUT2D eigenvalue weighted by Gasteiger charge is 2.14. The number of ether oxygens (including phenoxy) is 1. The molecule has 8 nitrogen and oxygen atoms in total. The number of carbonyl (C=O) groups is 2. The highest BCUT2D eigenvalue weighted by molar-refractivity contribution is 7.89. The molecule has 0 aliphatic heterocycles. The highest BCUT2D eigenvalue weighted by Crippen LogP contribution is 2.12. The molecule has 0 saturated heterocycles. The third-order valence-electron chi connectivity index (χ3n) is 4.35. The third-order valence-corrected chi connectivity index (χ3v) is 5.77. The summed E-state index contributed by atoms with van der Waals surface area (Å²) in [5.74, 6) is -0.255. The van der Waals surface area contributed by atoms with Crippen LogP contribution in [0.5, 0.6) is 0 Å². The van der Waals surface area contributed by atoms with E-state index in [0.29, 0.717) is 11.3 Å². The maximum absolute atomic E-state index is 12.3. The van der Waals surface area contributed by atoms with Crippen molar-refractivity contribution in [2.75, 3.05) is 6.61 Å². The molecule has 1 amide bonds. The van der Waals surface area contributed by atoms with Gasteiger partial charge in [-0.2, -0.15) is 0 Å². The van der Waals surface area contributed by atoms with Crippen LogP contribution in [0.3, 0.4) is 0 Å². The van der Waals surface area contributed by atoms with Gasteiger partial charge in [0.05, 0.1) is 17.7 Å². The molecular weight excluding hydrogens is 408 g/mol. The topological polar surface area (TPSA) is 115 Å². The van der Waals surface area contributed by atoms with Crippen molar-refractivity contribution in [2.45, 2.75) is 38.3 Å². The summed E-state index contributed by atoms with van der Waals surface area (Å²) in [6, 6.07) is 9.30. The van der Waals surface area contributed by atoms with Gasteiger partial charge in [-0.1, -0.05) is 26.0 Å². The first-order valence-corrected chi connectivity index (χ1v) is 10.9. The molecule has 0 saturated carbocycles. The summed E-state index contributed by atoms with van der Waals surface area (Å²) in [5.41, 5.74) is 0.606. The molecule has 0 radical (unpaired) electrons. The van der Waals surface area contributed by atoms with Crippen LogP contribution in [-0.2, 0) is 30.9 Å². The molecule has 0 aliphatic rings. The van der Waals surface area contributed by atoms with E-state index in [0.717, 1.165) is 0 Å². The molecule has 0 fully saturated rings. The van der Waals surface area contributed by atoms with Crippen LogP contribution < -0.4 is 10.0 Å². The first-order valence-electron chi connectivity index (χ1n) is 9.43. The van der Waals surface area contributed by atoms with Crippen molar-refractivity contribution >= 4 is 28.0 Å². The van der Waals surface area contributed by atoms with Crippen LogP contribution >= 0.6 is 0 Å². The Kier molecular flexibility index (Phi) is 8.37. The molecule has 1 atom stereocenters. The Morgan fingerprint density at radius 2 is 1.83 bits per heavy atom. The van der Waals surface area contributed by atoms with Gasteiger partial charge in [0, 0.05) is 12.1 Å². The number of carbonyl (C=O) groups excluding carboxylic acids is 2. The lowest BCUT2D eigenvalue weighted by Gasteiger charge is -2.16. The molecule has 1 aromatic heterocycles. The van der Waals surface area contributed by atoms with Crippen LogP contribution in [-0.4, -0.2) is 32.9 Å². The minimum atomic E-state index is -3.69. The fourth-order valence-corrected chi connectivity index (χ4v) is 3.23. The smallest absolute Gasteiger partial charge is 0.331 e. The van der Waals surface area contributed by atoms with Gasteiger partial charge in [-0.05, 0) is 48.7 Å². The van der Waals surface area contributed by atoms with Gasteiger partial charge < -0.3 is 14.5 Å². The van der Waals surface area contributed by atoms with Crippen LogP contribution in [0, 0.1) is 5.92 Å². The van der Waals surface area contributed by atoms with E-state index in [1.165, 1.54) is 30.5 Å². The Morgan fingerprint density at radius 1 is 1.13 bits per heavy atom. The van der Waals surface area contributed by atoms with E-state index in [-0.39, 0.29) is 35.9 Å². The van der Waals surface area contributed by atoms with Crippen molar-refractivity contribution < 1.29 is 27.2 Å². The predicted octanol–water partition coefficient (Wildman–Crippen LogP) is 2.48. The predicted molar refractivity (Wildman–Crippen MR) is 112 cm³/mol. The minimum Gasteiger partial charge on any atom is -0.468 e. The number of nitrogens with one attached hydrogen (secondary N) is 2. The Labute approximate surface area is 176 Å².